The molecule has 1 aliphatic carbocycles. The highest BCUT2D eigenvalue weighted by atomic mass is 16.2. The van der Waals surface area contributed by atoms with Gasteiger partial charge in [-0.05, 0) is 32.1 Å². The van der Waals surface area contributed by atoms with E-state index in [2.05, 4.69) is 10.3 Å². The fourth-order valence-corrected chi connectivity index (χ4v) is 3.07. The molecule has 0 atom stereocenters. The fourth-order valence-electron chi connectivity index (χ4n) is 3.07. The summed E-state index contributed by atoms with van der Waals surface area (Å²) in [6.07, 6.45) is 11.0. The molecule has 0 aromatic carbocycles. The standard InChI is InChI=1S/C15H28N4O/c16-15(18-13-8-4-1-2-5-9-13)17-12-14(20)19-10-6-3-7-11-19/h13H,1-12H2,(H3,16,17,18). The van der Waals surface area contributed by atoms with E-state index in [1.165, 1.54) is 32.1 Å². The van der Waals surface area contributed by atoms with Gasteiger partial charge in [0.25, 0.3) is 0 Å². The molecule has 1 heterocycles. The van der Waals surface area contributed by atoms with Gasteiger partial charge < -0.3 is 16.0 Å². The Labute approximate surface area is 122 Å². The average molecular weight is 280 g/mol. The van der Waals surface area contributed by atoms with Gasteiger partial charge >= 0.3 is 0 Å². The zero-order valence-electron chi connectivity index (χ0n) is 12.4. The molecule has 1 saturated heterocycles. The van der Waals surface area contributed by atoms with Crippen LogP contribution in [0.2, 0.25) is 0 Å². The van der Waals surface area contributed by atoms with Gasteiger partial charge in [-0.15, -0.1) is 0 Å². The van der Waals surface area contributed by atoms with Gasteiger partial charge in [-0.2, -0.15) is 0 Å². The van der Waals surface area contributed by atoms with Crippen molar-refractivity contribution in [1.82, 2.24) is 10.2 Å². The van der Waals surface area contributed by atoms with Crippen molar-refractivity contribution >= 4 is 11.9 Å². The fraction of sp³-hybridized carbons (Fsp3) is 0.867. The van der Waals surface area contributed by atoms with Gasteiger partial charge in [0.05, 0.1) is 0 Å². The average Bonchev–Trinajstić information content (AvgIpc) is 2.74. The van der Waals surface area contributed by atoms with Gasteiger partial charge in [0.2, 0.25) is 5.91 Å². The number of carbonyl (C=O) groups is 1. The first-order valence-electron chi connectivity index (χ1n) is 8.10. The molecule has 0 aromatic rings. The van der Waals surface area contributed by atoms with Crippen LogP contribution in [-0.4, -0.2) is 42.4 Å². The second-order valence-corrected chi connectivity index (χ2v) is 5.98. The highest BCUT2D eigenvalue weighted by molar-refractivity contribution is 5.84. The van der Waals surface area contributed by atoms with Crippen LogP contribution in [-0.2, 0) is 4.79 Å². The third-order valence-corrected chi connectivity index (χ3v) is 4.30. The van der Waals surface area contributed by atoms with Gasteiger partial charge in [0.1, 0.15) is 6.54 Å². The number of amides is 1. The Bertz CT molecular complexity index is 329. The molecule has 20 heavy (non-hydrogen) atoms. The first kappa shape index (κ1) is 15.1. The zero-order chi connectivity index (χ0) is 14.2. The number of nitrogens with two attached hydrogens (primary N) is 1. The molecule has 114 valence electrons. The number of piperidine rings is 1. The molecule has 2 aliphatic rings. The summed E-state index contributed by atoms with van der Waals surface area (Å²) in [5.74, 6) is 0.539. The molecular weight excluding hydrogens is 252 g/mol. The van der Waals surface area contributed by atoms with Gasteiger partial charge in [0, 0.05) is 19.1 Å². The third-order valence-electron chi connectivity index (χ3n) is 4.30. The maximum absolute atomic E-state index is 12.0. The Morgan fingerprint density at radius 2 is 1.65 bits per heavy atom. The summed E-state index contributed by atoms with van der Waals surface area (Å²) < 4.78 is 0. The van der Waals surface area contributed by atoms with Crippen LogP contribution >= 0.6 is 0 Å². The number of nitrogens with one attached hydrogen (secondary N) is 1. The molecule has 0 radical (unpaired) electrons. The number of carbonyl (C=O) groups excluding carboxylic acids is 1. The van der Waals surface area contributed by atoms with E-state index in [1.54, 1.807) is 0 Å². The second kappa shape index (κ2) is 8.12. The van der Waals surface area contributed by atoms with E-state index < -0.39 is 0 Å². The molecule has 3 N–H and O–H groups in total. The van der Waals surface area contributed by atoms with Crippen LogP contribution in [0.15, 0.2) is 4.99 Å². The molecule has 1 aliphatic heterocycles. The van der Waals surface area contributed by atoms with Gasteiger partial charge in [-0.1, -0.05) is 25.7 Å². The van der Waals surface area contributed by atoms with Crippen molar-refractivity contribution in [1.29, 1.82) is 0 Å². The second-order valence-electron chi connectivity index (χ2n) is 5.98. The lowest BCUT2D eigenvalue weighted by Gasteiger charge is -2.26. The Morgan fingerprint density at radius 3 is 2.30 bits per heavy atom. The highest BCUT2D eigenvalue weighted by Crippen LogP contribution is 2.16. The molecular formula is C15H28N4O. The maximum Gasteiger partial charge on any atom is 0.244 e. The predicted octanol–water partition coefficient (Wildman–Crippen LogP) is 1.63. The van der Waals surface area contributed by atoms with Crippen molar-refractivity contribution < 1.29 is 4.79 Å². The molecule has 0 unspecified atom stereocenters. The number of hydrogen-bond donors (Lipinski definition) is 2. The largest absolute Gasteiger partial charge is 0.370 e. The van der Waals surface area contributed by atoms with Crippen molar-refractivity contribution in [2.75, 3.05) is 19.6 Å². The SMILES string of the molecule is NC(=NCC(=O)N1CCCCC1)NC1CCCCCC1. The van der Waals surface area contributed by atoms with E-state index in [-0.39, 0.29) is 12.5 Å². The number of rotatable bonds is 3. The summed E-state index contributed by atoms with van der Waals surface area (Å²) in [5.41, 5.74) is 5.90. The lowest BCUT2D eigenvalue weighted by atomic mass is 10.1. The molecule has 0 bridgehead atoms. The number of nitrogens with zero attached hydrogens (tertiary/aromatic N) is 2. The van der Waals surface area contributed by atoms with Gasteiger partial charge in [-0.25, -0.2) is 4.99 Å². The van der Waals surface area contributed by atoms with Gasteiger partial charge in [0.15, 0.2) is 5.96 Å². The summed E-state index contributed by atoms with van der Waals surface area (Å²) in [7, 11) is 0. The topological polar surface area (TPSA) is 70.7 Å². The van der Waals surface area contributed by atoms with Crippen LogP contribution in [0.4, 0.5) is 0 Å². The molecule has 5 heteroatoms. The highest BCUT2D eigenvalue weighted by Gasteiger charge is 2.16. The molecule has 5 nitrogen and oxygen atoms in total. The van der Waals surface area contributed by atoms with E-state index in [0.717, 1.165) is 38.8 Å². The van der Waals surface area contributed by atoms with Crippen LogP contribution in [0.25, 0.3) is 0 Å². The number of aliphatic imine (C=N–C) groups is 1. The smallest absolute Gasteiger partial charge is 0.244 e. The molecule has 0 aromatic heterocycles. The van der Waals surface area contributed by atoms with Crippen LogP contribution in [0.5, 0.6) is 0 Å². The minimum atomic E-state index is 0.107. The Morgan fingerprint density at radius 1 is 1.05 bits per heavy atom. The van der Waals surface area contributed by atoms with Crippen molar-refractivity contribution in [2.45, 2.75) is 63.8 Å². The predicted molar refractivity (Wildman–Crippen MR) is 81.5 cm³/mol. The van der Waals surface area contributed by atoms with E-state index in [0.29, 0.717) is 12.0 Å². The Balaban J connectivity index is 1.73. The van der Waals surface area contributed by atoms with Crippen molar-refractivity contribution in [3.05, 3.63) is 0 Å². The monoisotopic (exact) mass is 280 g/mol. The lowest BCUT2D eigenvalue weighted by molar-refractivity contribution is -0.130. The first-order valence-corrected chi connectivity index (χ1v) is 8.10. The van der Waals surface area contributed by atoms with Crippen LogP contribution in [0, 0.1) is 0 Å². The quantitative estimate of drug-likeness (QED) is 0.469. The molecule has 0 spiro atoms. The minimum Gasteiger partial charge on any atom is -0.370 e. The summed E-state index contributed by atoms with van der Waals surface area (Å²) in [6, 6.07) is 0.436. The first-order chi connectivity index (χ1) is 9.75. The third kappa shape index (κ3) is 5.02. The number of likely N-dealkylation sites (tertiary alicyclic amines) is 1. The van der Waals surface area contributed by atoms with Crippen molar-refractivity contribution in [3.63, 3.8) is 0 Å². The van der Waals surface area contributed by atoms with Gasteiger partial charge in [-0.3, -0.25) is 4.79 Å². The summed E-state index contributed by atoms with van der Waals surface area (Å²) >= 11 is 0. The maximum atomic E-state index is 12.0. The van der Waals surface area contributed by atoms with Crippen LogP contribution in [0.1, 0.15) is 57.8 Å². The van der Waals surface area contributed by atoms with Crippen molar-refractivity contribution in [3.8, 4) is 0 Å². The van der Waals surface area contributed by atoms with Crippen LogP contribution < -0.4 is 11.1 Å². The summed E-state index contributed by atoms with van der Waals surface area (Å²) in [4.78, 5) is 18.1. The van der Waals surface area contributed by atoms with E-state index >= 15 is 0 Å². The molecule has 1 saturated carbocycles. The minimum absolute atomic E-state index is 0.107. The number of guanidine groups is 1. The Kier molecular flexibility index (Phi) is 6.15. The summed E-state index contributed by atoms with van der Waals surface area (Å²) in [6.45, 7) is 1.94. The normalized spacial score (nSPS) is 22.4. The lowest BCUT2D eigenvalue weighted by Crippen LogP contribution is -2.41. The number of hydrogen-bond acceptors (Lipinski definition) is 2. The van der Waals surface area contributed by atoms with Crippen molar-refractivity contribution in [2.24, 2.45) is 10.7 Å². The Hall–Kier alpha value is -1.26. The summed E-state index contributed by atoms with van der Waals surface area (Å²) in [5, 5.41) is 3.27. The molecule has 2 rings (SSSR count). The van der Waals surface area contributed by atoms with E-state index in [4.69, 9.17) is 5.73 Å². The van der Waals surface area contributed by atoms with E-state index in [9.17, 15) is 4.79 Å². The zero-order valence-corrected chi connectivity index (χ0v) is 12.4. The van der Waals surface area contributed by atoms with E-state index in [1.807, 2.05) is 4.90 Å². The molecule has 2 fully saturated rings. The molecule has 1 amide bonds. The van der Waals surface area contributed by atoms with Crippen LogP contribution in [0.3, 0.4) is 0 Å².